The van der Waals surface area contributed by atoms with Crippen molar-refractivity contribution in [2.75, 3.05) is 25.6 Å². The molecule has 0 bridgehead atoms. The van der Waals surface area contributed by atoms with E-state index in [9.17, 15) is 14.4 Å². The van der Waals surface area contributed by atoms with Crippen LogP contribution in [0.5, 0.6) is 5.75 Å². The number of alkyl halides is 1. The maximum absolute atomic E-state index is 11.9. The van der Waals surface area contributed by atoms with Crippen LogP contribution < -0.4 is 10.1 Å². The molecule has 36 heavy (non-hydrogen) atoms. The summed E-state index contributed by atoms with van der Waals surface area (Å²) < 4.78 is 16.9. The number of hydrogen-bond donors (Lipinski definition) is 1. The van der Waals surface area contributed by atoms with Crippen molar-refractivity contribution in [2.45, 2.75) is 40.0 Å². The number of imidazole rings is 1. The van der Waals surface area contributed by atoms with Crippen LogP contribution >= 0.6 is 22.9 Å². The lowest BCUT2D eigenvalue weighted by molar-refractivity contribution is -0.144. The van der Waals surface area contributed by atoms with E-state index in [-0.39, 0.29) is 18.4 Å². The third kappa shape index (κ3) is 7.79. The molecule has 0 saturated heterocycles. The Bertz CT molecular complexity index is 1210. The van der Waals surface area contributed by atoms with Crippen molar-refractivity contribution in [3.63, 3.8) is 0 Å². The highest BCUT2D eigenvalue weighted by atomic mass is 35.5. The second-order valence-corrected chi connectivity index (χ2v) is 8.75. The minimum absolute atomic E-state index is 0.245. The predicted molar refractivity (Wildman–Crippen MR) is 138 cm³/mol. The highest BCUT2D eigenvalue weighted by Crippen LogP contribution is 2.31. The van der Waals surface area contributed by atoms with Crippen molar-refractivity contribution >= 4 is 51.5 Å². The van der Waals surface area contributed by atoms with E-state index >= 15 is 0 Å². The second kappa shape index (κ2) is 13.6. The molecule has 0 radical (unpaired) electrons. The summed E-state index contributed by atoms with van der Waals surface area (Å²) >= 11 is 6.59. The Morgan fingerprint density at radius 2 is 1.86 bits per heavy atom. The number of aromatic nitrogens is 3. The molecule has 1 aromatic carbocycles. The normalized spacial score (nSPS) is 11.1. The summed E-state index contributed by atoms with van der Waals surface area (Å²) in [5.74, 6) is -0.706. The van der Waals surface area contributed by atoms with Gasteiger partial charge in [-0.3, -0.25) is 4.79 Å². The minimum atomic E-state index is -1.14. The van der Waals surface area contributed by atoms with Gasteiger partial charge in [0.1, 0.15) is 10.6 Å². The number of Topliss-reactive ketones (excluding diaryl/α,β-unsaturated/α-hetero) is 1. The predicted octanol–water partition coefficient (Wildman–Crippen LogP) is 4.62. The van der Waals surface area contributed by atoms with Crippen molar-refractivity contribution in [2.24, 2.45) is 0 Å². The van der Waals surface area contributed by atoms with E-state index in [1.165, 1.54) is 18.3 Å². The molecule has 0 aliphatic rings. The smallest absolute Gasteiger partial charge is 0.350 e. The van der Waals surface area contributed by atoms with Crippen LogP contribution in [0.25, 0.3) is 5.69 Å². The van der Waals surface area contributed by atoms with Crippen molar-refractivity contribution in [3.05, 3.63) is 47.0 Å². The number of thiazole rings is 1. The Balaban J connectivity index is 0.000000388. The molecule has 0 aliphatic carbocycles. The number of methoxy groups -OCH3 is 1. The van der Waals surface area contributed by atoms with E-state index in [2.05, 4.69) is 20.0 Å². The zero-order valence-corrected chi connectivity index (χ0v) is 22.5. The number of aryl methyl sites for hydroxylation is 2. The molecule has 0 saturated carbocycles. The highest BCUT2D eigenvalue weighted by Gasteiger charge is 2.20. The second-order valence-electron chi connectivity index (χ2n) is 7.31. The van der Waals surface area contributed by atoms with E-state index in [0.717, 1.165) is 17.1 Å². The number of hydrogen-bond acceptors (Lipinski definition) is 10. The van der Waals surface area contributed by atoms with Crippen LogP contribution in [0.15, 0.2) is 30.7 Å². The number of carbonyl (C=O) groups excluding carboxylic acids is 3. The summed E-state index contributed by atoms with van der Waals surface area (Å²) in [6, 6.07) is 5.74. The maximum Gasteiger partial charge on any atom is 0.350 e. The maximum atomic E-state index is 11.9. The molecule has 3 rings (SSSR count). The summed E-state index contributed by atoms with van der Waals surface area (Å²) in [5, 5.41) is 2.70. The largest absolute Gasteiger partial charge is 0.494 e. The number of halogens is 1. The molecule has 1 unspecified atom stereocenters. The minimum Gasteiger partial charge on any atom is -0.494 e. The van der Waals surface area contributed by atoms with E-state index in [4.69, 9.17) is 21.1 Å². The zero-order valence-electron chi connectivity index (χ0n) is 21.0. The average Bonchev–Trinajstić information content (AvgIpc) is 3.44. The third-order valence-electron chi connectivity index (χ3n) is 4.53. The van der Waals surface area contributed by atoms with E-state index in [1.807, 2.05) is 35.9 Å². The van der Waals surface area contributed by atoms with Gasteiger partial charge in [0.25, 0.3) is 0 Å². The van der Waals surface area contributed by atoms with Crippen LogP contribution in [-0.4, -0.2) is 58.0 Å². The van der Waals surface area contributed by atoms with Crippen molar-refractivity contribution in [1.29, 1.82) is 0 Å². The SMILES string of the molecule is CCOC(=O)C(Cl)C(C)=O.CCOC(=O)c1sc(Nc2ccc(-n3cnc(C)c3)c(OC)c2)nc1C. The monoisotopic (exact) mass is 536 g/mol. The van der Waals surface area contributed by atoms with Gasteiger partial charge in [-0.15, -0.1) is 11.6 Å². The average molecular weight is 537 g/mol. The van der Waals surface area contributed by atoms with Gasteiger partial charge in [-0.05, 0) is 46.8 Å². The van der Waals surface area contributed by atoms with Crippen LogP contribution in [0.4, 0.5) is 10.8 Å². The summed E-state index contributed by atoms with van der Waals surface area (Å²) in [4.78, 5) is 42.1. The molecule has 0 spiro atoms. The van der Waals surface area contributed by atoms with E-state index in [1.54, 1.807) is 34.2 Å². The van der Waals surface area contributed by atoms with Gasteiger partial charge in [0.15, 0.2) is 16.3 Å². The number of benzene rings is 1. The lowest BCUT2D eigenvalue weighted by Gasteiger charge is -2.11. The van der Waals surface area contributed by atoms with Crippen molar-refractivity contribution < 1.29 is 28.6 Å². The third-order valence-corrected chi connectivity index (χ3v) is 6.07. The van der Waals surface area contributed by atoms with Gasteiger partial charge >= 0.3 is 11.9 Å². The standard InChI is InChI=1S/C18H20N4O3S.C6H9ClO3/c1-5-25-17(23)16-12(3)20-18(26-16)21-13-6-7-14(15(8-13)24-4)22-9-11(2)19-10-22;1-3-10-6(9)5(7)4(2)8/h6-10H,5H2,1-4H3,(H,20,21);5H,3H2,1-2H3. The number of ketones is 1. The molecule has 1 atom stereocenters. The molecule has 2 aromatic heterocycles. The van der Waals surface area contributed by atoms with Crippen LogP contribution in [0.1, 0.15) is 41.8 Å². The van der Waals surface area contributed by atoms with Gasteiger partial charge in [0, 0.05) is 18.0 Å². The van der Waals surface area contributed by atoms with Crippen LogP contribution in [0.2, 0.25) is 0 Å². The first-order valence-corrected chi connectivity index (χ1v) is 12.3. The fourth-order valence-electron chi connectivity index (χ4n) is 2.86. The fourth-order valence-corrected chi connectivity index (χ4v) is 3.81. The molecular formula is C24H29ClN4O6S. The zero-order chi connectivity index (χ0) is 26.8. The lowest BCUT2D eigenvalue weighted by atomic mass is 10.2. The fraction of sp³-hybridized carbons (Fsp3) is 0.375. The van der Waals surface area contributed by atoms with Crippen LogP contribution in [0.3, 0.4) is 0 Å². The number of carbonyl (C=O) groups is 3. The van der Waals surface area contributed by atoms with Gasteiger partial charge in [-0.25, -0.2) is 19.6 Å². The molecule has 0 fully saturated rings. The van der Waals surface area contributed by atoms with Gasteiger partial charge in [-0.2, -0.15) is 0 Å². The van der Waals surface area contributed by atoms with Gasteiger partial charge in [0.05, 0.1) is 43.7 Å². The first-order valence-electron chi connectivity index (χ1n) is 11.0. The molecule has 2 heterocycles. The Kier molecular flexibility index (Phi) is 10.9. The van der Waals surface area contributed by atoms with E-state index < -0.39 is 11.3 Å². The molecule has 10 nitrogen and oxygen atoms in total. The Labute approximate surface area is 218 Å². The van der Waals surface area contributed by atoms with Crippen LogP contribution in [0, 0.1) is 13.8 Å². The van der Waals surface area contributed by atoms with Crippen molar-refractivity contribution in [1.82, 2.24) is 14.5 Å². The Morgan fingerprint density at radius 3 is 2.42 bits per heavy atom. The summed E-state index contributed by atoms with van der Waals surface area (Å²) in [6.07, 6.45) is 3.68. The lowest BCUT2D eigenvalue weighted by Crippen LogP contribution is -2.24. The van der Waals surface area contributed by atoms with Gasteiger partial charge in [-0.1, -0.05) is 11.3 Å². The summed E-state index contributed by atoms with van der Waals surface area (Å²) in [5.41, 5.74) is 3.28. The number of esters is 2. The molecule has 1 N–H and O–H groups in total. The quantitative estimate of drug-likeness (QED) is 0.237. The molecule has 0 aliphatic heterocycles. The molecular weight excluding hydrogens is 508 g/mol. The number of anilines is 2. The number of ether oxygens (including phenoxy) is 3. The van der Waals surface area contributed by atoms with Gasteiger partial charge in [0.2, 0.25) is 0 Å². The molecule has 12 heteroatoms. The molecule has 3 aromatic rings. The Morgan fingerprint density at radius 1 is 1.17 bits per heavy atom. The van der Waals surface area contributed by atoms with Crippen LogP contribution in [-0.2, 0) is 19.1 Å². The molecule has 194 valence electrons. The highest BCUT2D eigenvalue weighted by molar-refractivity contribution is 7.17. The van der Waals surface area contributed by atoms with Gasteiger partial charge < -0.3 is 24.1 Å². The number of nitrogens with zero attached hydrogens (tertiary/aromatic N) is 3. The first kappa shape index (κ1) is 28.8. The molecule has 0 amide bonds. The topological polar surface area (TPSA) is 122 Å². The van der Waals surface area contributed by atoms with E-state index in [0.29, 0.717) is 28.1 Å². The Hall–Kier alpha value is -3.44. The summed E-state index contributed by atoms with van der Waals surface area (Å²) in [7, 11) is 1.62. The number of rotatable bonds is 9. The summed E-state index contributed by atoms with van der Waals surface area (Å²) in [6.45, 7) is 8.99. The first-order chi connectivity index (χ1) is 17.1. The van der Waals surface area contributed by atoms with Crippen molar-refractivity contribution in [3.8, 4) is 11.4 Å². The number of nitrogens with one attached hydrogen (secondary N) is 1.